The van der Waals surface area contributed by atoms with Crippen molar-refractivity contribution < 1.29 is 0 Å². The van der Waals surface area contributed by atoms with Crippen LogP contribution in [-0.4, -0.2) is 0 Å². The Hall–Kier alpha value is -9.56. The molecular weight excluding hydrogens is 963 g/mol. The molecule has 0 aliphatic heterocycles. The Kier molecular flexibility index (Phi) is 10.0. The molecule has 0 saturated heterocycles. The Morgan fingerprint density at radius 2 is 0.588 bits per heavy atom. The summed E-state index contributed by atoms with van der Waals surface area (Å²) in [4.78, 5) is 2.48. The summed E-state index contributed by atoms with van der Waals surface area (Å²) >= 11 is 0. The first kappa shape index (κ1) is 46.5. The van der Waals surface area contributed by atoms with Gasteiger partial charge in [-0.1, -0.05) is 246 Å². The highest BCUT2D eigenvalue weighted by atomic mass is 15.1. The first-order valence-electron chi connectivity index (χ1n) is 28.3. The highest BCUT2D eigenvalue weighted by molar-refractivity contribution is 6.24. The summed E-state index contributed by atoms with van der Waals surface area (Å²) in [6.07, 6.45) is 0. The van der Waals surface area contributed by atoms with Gasteiger partial charge in [-0.15, -0.1) is 0 Å². The lowest BCUT2D eigenvalue weighted by molar-refractivity contribution is 0.660. The van der Waals surface area contributed by atoms with Crippen LogP contribution in [0.2, 0.25) is 0 Å². The van der Waals surface area contributed by atoms with Crippen molar-refractivity contribution in [3.05, 3.63) is 317 Å². The standard InChI is InChI=1S/C79H57N/c1-77(2)71-32-18-15-29-61(71)64-43-40-55(46-74(64)77)80(56-41-44-65-62-30-16-19-33-72(62)78(3,4)75(65)47-56)54-38-35-50(36-39-54)67-48-69-60-28-14-12-26-58(60)68(49-70(69)59-27-13-11-25-57(59)67)51-37-42-66-63-31-17-20-34-73(63)79(76(66)45-51,52-21-7-5-8-22-52)53-23-9-6-10-24-53/h5-49H,1-4H3. The van der Waals surface area contributed by atoms with Crippen molar-refractivity contribution in [3.8, 4) is 55.6 Å². The molecule has 13 aromatic rings. The van der Waals surface area contributed by atoms with Crippen molar-refractivity contribution in [2.45, 2.75) is 43.9 Å². The number of hydrogen-bond acceptors (Lipinski definition) is 1. The molecule has 0 N–H and O–H groups in total. The molecule has 0 unspecified atom stereocenters. The summed E-state index contributed by atoms with van der Waals surface area (Å²) in [5, 5.41) is 7.49. The molecule has 0 aromatic heterocycles. The SMILES string of the molecule is CC1(C)c2ccccc2-c2ccc(N(c3ccc(-c4cc5c6ccccc6c(-c6ccc7c(c6)C(c6ccccc6)(c6ccccc6)c6ccccc6-7)cc5c5ccccc45)cc3)c3ccc4c(c3)C(C)(C)c3ccccc3-4)cc21. The first-order chi connectivity index (χ1) is 39.2. The van der Waals surface area contributed by atoms with Crippen LogP contribution in [0.5, 0.6) is 0 Å². The van der Waals surface area contributed by atoms with Gasteiger partial charge in [0.15, 0.2) is 0 Å². The molecule has 0 amide bonds. The molecule has 16 rings (SSSR count). The number of fused-ring (bicyclic) bond motifs is 14. The van der Waals surface area contributed by atoms with E-state index in [4.69, 9.17) is 0 Å². The van der Waals surface area contributed by atoms with E-state index in [1.54, 1.807) is 0 Å². The zero-order chi connectivity index (χ0) is 53.5. The van der Waals surface area contributed by atoms with Crippen LogP contribution >= 0.6 is 0 Å². The van der Waals surface area contributed by atoms with Crippen LogP contribution in [0.25, 0.3) is 88.0 Å². The lowest BCUT2D eigenvalue weighted by atomic mass is 9.67. The van der Waals surface area contributed by atoms with Crippen molar-refractivity contribution in [3.63, 3.8) is 0 Å². The molecule has 1 heteroatoms. The number of benzene rings is 13. The van der Waals surface area contributed by atoms with Gasteiger partial charge < -0.3 is 4.90 Å². The minimum Gasteiger partial charge on any atom is -0.310 e. The molecule has 0 radical (unpaired) electrons. The fourth-order valence-electron chi connectivity index (χ4n) is 14.9. The zero-order valence-electron chi connectivity index (χ0n) is 45.4. The lowest BCUT2D eigenvalue weighted by Gasteiger charge is -2.34. The van der Waals surface area contributed by atoms with Crippen LogP contribution in [0.1, 0.15) is 72.2 Å². The molecule has 3 aliphatic carbocycles. The van der Waals surface area contributed by atoms with Gasteiger partial charge in [-0.3, -0.25) is 0 Å². The molecule has 3 aliphatic rings. The van der Waals surface area contributed by atoms with Crippen LogP contribution in [0.15, 0.2) is 273 Å². The van der Waals surface area contributed by atoms with E-state index < -0.39 is 5.41 Å². The van der Waals surface area contributed by atoms with Gasteiger partial charge in [0, 0.05) is 27.9 Å². The number of hydrogen-bond donors (Lipinski definition) is 0. The third-order valence-corrected chi connectivity index (χ3v) is 18.7. The molecule has 378 valence electrons. The Morgan fingerprint density at radius 1 is 0.225 bits per heavy atom. The van der Waals surface area contributed by atoms with Gasteiger partial charge >= 0.3 is 0 Å². The predicted molar refractivity (Wildman–Crippen MR) is 337 cm³/mol. The summed E-state index contributed by atoms with van der Waals surface area (Å²) in [5.41, 5.74) is 26.1. The van der Waals surface area contributed by atoms with E-state index in [-0.39, 0.29) is 10.8 Å². The van der Waals surface area contributed by atoms with E-state index in [0.717, 1.165) is 17.1 Å². The molecule has 0 bridgehead atoms. The van der Waals surface area contributed by atoms with Crippen LogP contribution in [0.4, 0.5) is 17.1 Å². The van der Waals surface area contributed by atoms with Gasteiger partial charge in [-0.2, -0.15) is 0 Å². The first-order valence-corrected chi connectivity index (χ1v) is 28.3. The molecular formula is C79H57N. The largest absolute Gasteiger partial charge is 0.310 e. The van der Waals surface area contributed by atoms with E-state index in [1.807, 2.05) is 0 Å². The molecule has 0 atom stereocenters. The summed E-state index contributed by atoms with van der Waals surface area (Å²) in [7, 11) is 0. The maximum absolute atomic E-state index is 2.51. The summed E-state index contributed by atoms with van der Waals surface area (Å²) < 4.78 is 0. The molecule has 80 heavy (non-hydrogen) atoms. The van der Waals surface area contributed by atoms with E-state index in [9.17, 15) is 0 Å². The Labute approximate surface area is 468 Å². The highest BCUT2D eigenvalue weighted by Crippen LogP contribution is 2.58. The van der Waals surface area contributed by atoms with E-state index in [1.165, 1.54) is 132 Å². The third kappa shape index (κ3) is 6.52. The maximum atomic E-state index is 2.51. The Morgan fingerprint density at radius 3 is 1.10 bits per heavy atom. The summed E-state index contributed by atoms with van der Waals surface area (Å²) in [6.45, 7) is 9.51. The van der Waals surface area contributed by atoms with Gasteiger partial charge in [0.2, 0.25) is 0 Å². The third-order valence-electron chi connectivity index (χ3n) is 18.7. The van der Waals surface area contributed by atoms with Gasteiger partial charge in [0.25, 0.3) is 0 Å². The average Bonchev–Trinajstić information content (AvgIpc) is 4.13. The fraction of sp³-hybridized carbons (Fsp3) is 0.0886. The van der Waals surface area contributed by atoms with Gasteiger partial charge in [-0.05, 0) is 187 Å². The average molecular weight is 1020 g/mol. The zero-order valence-corrected chi connectivity index (χ0v) is 45.4. The minimum atomic E-state index is -0.486. The minimum absolute atomic E-state index is 0.133. The smallest absolute Gasteiger partial charge is 0.0713 e. The second-order valence-electron chi connectivity index (χ2n) is 23.5. The van der Waals surface area contributed by atoms with Crippen LogP contribution < -0.4 is 4.90 Å². The second kappa shape index (κ2) is 17.2. The molecule has 0 spiro atoms. The monoisotopic (exact) mass is 1020 g/mol. The van der Waals surface area contributed by atoms with Crippen molar-refractivity contribution in [1.29, 1.82) is 0 Å². The van der Waals surface area contributed by atoms with Gasteiger partial charge in [0.05, 0.1) is 5.41 Å². The molecule has 0 fully saturated rings. The Bertz CT molecular complexity index is 4550. The number of anilines is 3. The predicted octanol–water partition coefficient (Wildman–Crippen LogP) is 20.9. The van der Waals surface area contributed by atoms with Crippen molar-refractivity contribution in [2.24, 2.45) is 0 Å². The van der Waals surface area contributed by atoms with E-state index in [0.29, 0.717) is 0 Å². The quantitative estimate of drug-likeness (QED) is 0.144. The van der Waals surface area contributed by atoms with Gasteiger partial charge in [-0.25, -0.2) is 0 Å². The molecule has 1 nitrogen and oxygen atoms in total. The van der Waals surface area contributed by atoms with Crippen LogP contribution in [0.3, 0.4) is 0 Å². The molecule has 13 aromatic carbocycles. The lowest BCUT2D eigenvalue weighted by Crippen LogP contribution is -2.28. The maximum Gasteiger partial charge on any atom is 0.0713 e. The highest BCUT2D eigenvalue weighted by Gasteiger charge is 2.46. The summed E-state index contributed by atoms with van der Waals surface area (Å²) in [6, 6.07) is 103. The summed E-state index contributed by atoms with van der Waals surface area (Å²) in [5.74, 6) is 0. The van der Waals surface area contributed by atoms with Crippen molar-refractivity contribution >= 4 is 49.4 Å². The van der Waals surface area contributed by atoms with Crippen LogP contribution in [0, 0.1) is 0 Å². The number of nitrogens with zero attached hydrogens (tertiary/aromatic N) is 1. The normalized spacial score (nSPS) is 14.6. The van der Waals surface area contributed by atoms with Gasteiger partial charge in [0.1, 0.15) is 0 Å². The van der Waals surface area contributed by atoms with Crippen molar-refractivity contribution in [1.82, 2.24) is 0 Å². The Balaban J connectivity index is 0.850. The van der Waals surface area contributed by atoms with Crippen LogP contribution in [-0.2, 0) is 16.2 Å². The molecule has 0 heterocycles. The fourth-order valence-corrected chi connectivity index (χ4v) is 14.9. The topological polar surface area (TPSA) is 3.24 Å². The molecule has 0 saturated carbocycles. The van der Waals surface area contributed by atoms with Crippen molar-refractivity contribution in [2.75, 3.05) is 4.90 Å². The number of rotatable bonds is 7. The second-order valence-corrected chi connectivity index (χ2v) is 23.5. The van der Waals surface area contributed by atoms with E-state index in [2.05, 4.69) is 306 Å². The van der Waals surface area contributed by atoms with E-state index >= 15 is 0 Å².